The van der Waals surface area contributed by atoms with E-state index in [0.717, 1.165) is 38.5 Å². The number of hydrogen-bond acceptors (Lipinski definition) is 5. The lowest BCUT2D eigenvalue weighted by atomic mass is 9.86. The standard InChI is InChI=1S/C19H34O5/c1-18(2,16(21)23-5)13-9-7-11-15(20)12-8-10-14-19(3,4)17(22)24-6/h7-14H2,1-6H3. The Morgan fingerprint density at radius 2 is 1.00 bits per heavy atom. The molecule has 0 fully saturated rings. The molecule has 0 aromatic rings. The molecule has 0 amide bonds. The summed E-state index contributed by atoms with van der Waals surface area (Å²) in [7, 11) is 2.80. The fourth-order valence-electron chi connectivity index (χ4n) is 2.66. The van der Waals surface area contributed by atoms with Crippen molar-refractivity contribution >= 4 is 17.7 Å². The molecule has 0 spiro atoms. The van der Waals surface area contributed by atoms with Crippen LogP contribution in [0, 0.1) is 10.8 Å². The van der Waals surface area contributed by atoms with Crippen LogP contribution in [0.1, 0.15) is 79.1 Å². The Labute approximate surface area is 146 Å². The van der Waals surface area contributed by atoms with Gasteiger partial charge < -0.3 is 9.47 Å². The highest BCUT2D eigenvalue weighted by Gasteiger charge is 2.28. The van der Waals surface area contributed by atoms with Gasteiger partial charge in [-0.25, -0.2) is 0 Å². The molecule has 0 rings (SSSR count). The molecule has 0 aliphatic heterocycles. The minimum atomic E-state index is -0.489. The third-order valence-corrected chi connectivity index (χ3v) is 4.49. The van der Waals surface area contributed by atoms with Crippen molar-refractivity contribution in [3.8, 4) is 0 Å². The molecule has 140 valence electrons. The predicted molar refractivity (Wildman–Crippen MR) is 93.5 cm³/mol. The molecule has 0 radical (unpaired) electrons. The quantitative estimate of drug-likeness (QED) is 0.395. The highest BCUT2D eigenvalue weighted by Crippen LogP contribution is 2.26. The molecule has 0 unspecified atom stereocenters. The third kappa shape index (κ3) is 8.46. The Bertz CT molecular complexity index is 385. The van der Waals surface area contributed by atoms with Gasteiger partial charge in [-0.2, -0.15) is 0 Å². The zero-order chi connectivity index (χ0) is 18.8. The van der Waals surface area contributed by atoms with Gasteiger partial charge in [-0.15, -0.1) is 0 Å². The largest absolute Gasteiger partial charge is 0.469 e. The molecule has 0 saturated heterocycles. The zero-order valence-electron chi connectivity index (χ0n) is 16.2. The Hall–Kier alpha value is -1.39. The van der Waals surface area contributed by atoms with Crippen molar-refractivity contribution in [1.82, 2.24) is 0 Å². The molecule has 0 bridgehead atoms. The maximum absolute atomic E-state index is 11.9. The first-order chi connectivity index (χ1) is 11.1. The number of rotatable bonds is 12. The number of hydrogen-bond donors (Lipinski definition) is 0. The molecule has 24 heavy (non-hydrogen) atoms. The van der Waals surface area contributed by atoms with Crippen molar-refractivity contribution < 1.29 is 23.9 Å². The maximum atomic E-state index is 11.9. The van der Waals surface area contributed by atoms with E-state index in [1.165, 1.54) is 14.2 Å². The molecule has 0 aromatic heterocycles. The van der Waals surface area contributed by atoms with E-state index in [2.05, 4.69) is 0 Å². The second-order valence-electron chi connectivity index (χ2n) is 7.70. The summed E-state index contributed by atoms with van der Waals surface area (Å²) < 4.78 is 9.54. The highest BCUT2D eigenvalue weighted by atomic mass is 16.5. The summed E-state index contributed by atoms with van der Waals surface area (Å²) >= 11 is 0. The lowest BCUT2D eigenvalue weighted by Gasteiger charge is -2.21. The van der Waals surface area contributed by atoms with Crippen LogP contribution in [0.5, 0.6) is 0 Å². The molecule has 5 nitrogen and oxygen atoms in total. The smallest absolute Gasteiger partial charge is 0.311 e. The molecule has 0 heterocycles. The molecule has 5 heteroatoms. The first kappa shape index (κ1) is 22.6. The summed E-state index contributed by atoms with van der Waals surface area (Å²) in [5.41, 5.74) is -0.978. The number of ether oxygens (including phenoxy) is 2. The molecule has 0 aromatic carbocycles. The second-order valence-corrected chi connectivity index (χ2v) is 7.70. The van der Waals surface area contributed by atoms with E-state index >= 15 is 0 Å². The van der Waals surface area contributed by atoms with Crippen LogP contribution >= 0.6 is 0 Å². The summed E-state index contributed by atoms with van der Waals surface area (Å²) in [6, 6.07) is 0. The SMILES string of the molecule is COC(=O)C(C)(C)CCCCC(=O)CCCCC(C)(C)C(=O)OC. The Balaban J connectivity index is 3.86. The van der Waals surface area contributed by atoms with Crippen molar-refractivity contribution in [2.75, 3.05) is 14.2 Å². The topological polar surface area (TPSA) is 69.7 Å². The molecule has 0 aliphatic rings. The van der Waals surface area contributed by atoms with Gasteiger partial charge in [-0.3, -0.25) is 14.4 Å². The van der Waals surface area contributed by atoms with E-state index in [4.69, 9.17) is 9.47 Å². The van der Waals surface area contributed by atoms with E-state index < -0.39 is 10.8 Å². The molecular formula is C19H34O5. The normalized spacial score (nSPS) is 11.9. The first-order valence-electron chi connectivity index (χ1n) is 8.75. The van der Waals surface area contributed by atoms with Crippen LogP contribution < -0.4 is 0 Å². The summed E-state index contributed by atoms with van der Waals surface area (Å²) in [5.74, 6) is -0.161. The average molecular weight is 342 g/mol. The Morgan fingerprint density at radius 1 is 0.667 bits per heavy atom. The van der Waals surface area contributed by atoms with Crippen LogP contribution in [0.4, 0.5) is 0 Å². The first-order valence-corrected chi connectivity index (χ1v) is 8.75. The number of carbonyl (C=O) groups is 3. The third-order valence-electron chi connectivity index (χ3n) is 4.49. The number of methoxy groups -OCH3 is 2. The second kappa shape index (κ2) is 10.5. The minimum absolute atomic E-state index is 0.206. The van der Waals surface area contributed by atoms with E-state index in [0.29, 0.717) is 12.8 Å². The van der Waals surface area contributed by atoms with Gasteiger partial charge in [0.25, 0.3) is 0 Å². The Morgan fingerprint density at radius 3 is 1.29 bits per heavy atom. The van der Waals surface area contributed by atoms with Crippen molar-refractivity contribution in [2.24, 2.45) is 10.8 Å². The van der Waals surface area contributed by atoms with Gasteiger partial charge in [-0.05, 0) is 53.4 Å². The molecule has 0 aliphatic carbocycles. The molecule has 0 atom stereocenters. The summed E-state index contributed by atoms with van der Waals surface area (Å²) in [6.45, 7) is 7.46. The van der Waals surface area contributed by atoms with Crippen molar-refractivity contribution in [1.29, 1.82) is 0 Å². The van der Waals surface area contributed by atoms with Gasteiger partial charge in [0.05, 0.1) is 25.0 Å². The lowest BCUT2D eigenvalue weighted by Crippen LogP contribution is -2.25. The number of Topliss-reactive ketones (excluding diaryl/α,β-unsaturated/α-hetero) is 1. The fourth-order valence-corrected chi connectivity index (χ4v) is 2.66. The lowest BCUT2D eigenvalue weighted by molar-refractivity contribution is -0.151. The van der Waals surface area contributed by atoms with Gasteiger partial charge >= 0.3 is 11.9 Å². The van der Waals surface area contributed by atoms with Crippen molar-refractivity contribution in [3.05, 3.63) is 0 Å². The van der Waals surface area contributed by atoms with Crippen LogP contribution in [-0.2, 0) is 23.9 Å². The van der Waals surface area contributed by atoms with Crippen LogP contribution in [0.15, 0.2) is 0 Å². The molecule has 0 saturated carbocycles. The predicted octanol–water partition coefficient (Wildman–Crippen LogP) is 4.07. The summed E-state index contributed by atoms with van der Waals surface area (Å²) in [5, 5.41) is 0. The molecule has 0 N–H and O–H groups in total. The number of ketones is 1. The monoisotopic (exact) mass is 342 g/mol. The number of esters is 2. The average Bonchev–Trinajstić information content (AvgIpc) is 2.53. The highest BCUT2D eigenvalue weighted by molar-refractivity contribution is 5.78. The Kier molecular flexibility index (Phi) is 9.86. The van der Waals surface area contributed by atoms with E-state index in [1.54, 1.807) is 0 Å². The van der Waals surface area contributed by atoms with Crippen molar-refractivity contribution in [2.45, 2.75) is 79.1 Å². The summed E-state index contributed by atoms with van der Waals surface area (Å²) in [6.07, 6.45) is 5.82. The van der Waals surface area contributed by atoms with Crippen LogP contribution in [-0.4, -0.2) is 31.9 Å². The van der Waals surface area contributed by atoms with Gasteiger partial charge in [-0.1, -0.05) is 12.8 Å². The van der Waals surface area contributed by atoms with Crippen LogP contribution in [0.3, 0.4) is 0 Å². The van der Waals surface area contributed by atoms with Crippen molar-refractivity contribution in [3.63, 3.8) is 0 Å². The minimum Gasteiger partial charge on any atom is -0.469 e. The maximum Gasteiger partial charge on any atom is 0.311 e. The van der Waals surface area contributed by atoms with E-state index in [-0.39, 0.29) is 17.7 Å². The van der Waals surface area contributed by atoms with Gasteiger partial charge in [0.2, 0.25) is 0 Å². The van der Waals surface area contributed by atoms with Crippen LogP contribution in [0.2, 0.25) is 0 Å². The zero-order valence-corrected chi connectivity index (χ0v) is 16.2. The molecular weight excluding hydrogens is 308 g/mol. The van der Waals surface area contributed by atoms with Gasteiger partial charge in [0, 0.05) is 12.8 Å². The van der Waals surface area contributed by atoms with Gasteiger partial charge in [0.1, 0.15) is 5.78 Å². The van der Waals surface area contributed by atoms with Gasteiger partial charge in [0.15, 0.2) is 0 Å². The van der Waals surface area contributed by atoms with Crippen LogP contribution in [0.25, 0.3) is 0 Å². The summed E-state index contributed by atoms with van der Waals surface area (Å²) in [4.78, 5) is 35.0. The number of carbonyl (C=O) groups excluding carboxylic acids is 3. The van der Waals surface area contributed by atoms with E-state index in [1.807, 2.05) is 27.7 Å². The number of unbranched alkanes of at least 4 members (excludes halogenated alkanes) is 2. The van der Waals surface area contributed by atoms with E-state index in [9.17, 15) is 14.4 Å². The fraction of sp³-hybridized carbons (Fsp3) is 0.842.